The van der Waals surface area contributed by atoms with Gasteiger partial charge in [0, 0.05) is 26.2 Å². The van der Waals surface area contributed by atoms with Crippen LogP contribution in [0.15, 0.2) is 51.7 Å². The predicted molar refractivity (Wildman–Crippen MR) is 136 cm³/mol. The first kappa shape index (κ1) is 24.3. The van der Waals surface area contributed by atoms with Crippen molar-refractivity contribution in [3.63, 3.8) is 0 Å². The number of methoxy groups -OCH3 is 1. The van der Waals surface area contributed by atoms with Gasteiger partial charge >= 0.3 is 0 Å². The van der Waals surface area contributed by atoms with Crippen LogP contribution in [0, 0.1) is 0 Å². The number of hydrogen-bond donors (Lipinski definition) is 0. The van der Waals surface area contributed by atoms with Gasteiger partial charge < -0.3 is 23.5 Å². The zero-order valence-corrected chi connectivity index (χ0v) is 20.8. The van der Waals surface area contributed by atoms with E-state index >= 15 is 0 Å². The molecule has 0 spiro atoms. The smallest absolute Gasteiger partial charge is 0.290 e. The highest BCUT2D eigenvalue weighted by Crippen LogP contribution is 2.41. The van der Waals surface area contributed by atoms with Crippen LogP contribution in [0.2, 0.25) is 0 Å². The van der Waals surface area contributed by atoms with Crippen LogP contribution in [0.4, 0.5) is 0 Å². The van der Waals surface area contributed by atoms with Crippen molar-refractivity contribution in [2.75, 3.05) is 53.1 Å². The van der Waals surface area contributed by atoms with Crippen molar-refractivity contribution < 1.29 is 23.4 Å². The van der Waals surface area contributed by atoms with Gasteiger partial charge in [-0.15, -0.1) is 0 Å². The maximum atomic E-state index is 13.7. The first-order valence-electron chi connectivity index (χ1n) is 12.6. The molecule has 3 heterocycles. The second-order valence-corrected chi connectivity index (χ2v) is 9.14. The molecule has 0 radical (unpaired) electrons. The van der Waals surface area contributed by atoms with Crippen LogP contribution in [-0.4, -0.2) is 68.8 Å². The maximum Gasteiger partial charge on any atom is 0.290 e. The summed E-state index contributed by atoms with van der Waals surface area (Å²) >= 11 is 0. The fraction of sp³-hybridized carbons (Fsp3) is 0.429. The Labute approximate surface area is 210 Å². The van der Waals surface area contributed by atoms with Gasteiger partial charge in [0.2, 0.25) is 5.76 Å². The molecular weight excluding hydrogens is 460 g/mol. The van der Waals surface area contributed by atoms with Crippen molar-refractivity contribution >= 4 is 16.9 Å². The molecule has 0 unspecified atom stereocenters. The van der Waals surface area contributed by atoms with Crippen molar-refractivity contribution in [3.05, 3.63) is 69.6 Å². The standard InChI is InChI=1S/C28H32N2O6/c1-3-15-35-22-10-9-19(18-23(22)33-2)25-24-26(31)20-7-4-5-8-21(20)36-27(24)28(32)30(25)12-6-11-29-13-16-34-17-14-29/h4-5,7-10,18,25H,3,6,11-17H2,1-2H3/t25-/m1/s1. The van der Waals surface area contributed by atoms with Crippen LogP contribution >= 0.6 is 0 Å². The number of benzene rings is 2. The third kappa shape index (κ3) is 4.58. The fourth-order valence-corrected chi connectivity index (χ4v) is 5.02. The molecule has 2 aliphatic heterocycles. The molecule has 8 nitrogen and oxygen atoms in total. The molecule has 1 atom stereocenters. The van der Waals surface area contributed by atoms with Gasteiger partial charge in [-0.25, -0.2) is 0 Å². The van der Waals surface area contributed by atoms with E-state index in [1.165, 1.54) is 0 Å². The molecule has 1 amide bonds. The van der Waals surface area contributed by atoms with E-state index in [0.717, 1.165) is 51.3 Å². The Morgan fingerprint density at radius 1 is 1.03 bits per heavy atom. The Bertz CT molecular complexity index is 1300. The van der Waals surface area contributed by atoms with Gasteiger partial charge in [-0.3, -0.25) is 14.5 Å². The molecule has 8 heteroatoms. The highest BCUT2D eigenvalue weighted by Gasteiger charge is 2.42. The van der Waals surface area contributed by atoms with Gasteiger partial charge in [-0.05, 0) is 42.7 Å². The molecule has 190 valence electrons. The Hall–Kier alpha value is -3.36. The van der Waals surface area contributed by atoms with E-state index in [2.05, 4.69) is 4.90 Å². The van der Waals surface area contributed by atoms with Gasteiger partial charge in [0.05, 0.1) is 43.9 Å². The number of fused-ring (bicyclic) bond motifs is 2. The monoisotopic (exact) mass is 492 g/mol. The number of carbonyl (C=O) groups is 1. The summed E-state index contributed by atoms with van der Waals surface area (Å²) in [6.07, 6.45) is 1.65. The molecule has 0 saturated carbocycles. The number of para-hydroxylation sites is 1. The van der Waals surface area contributed by atoms with Gasteiger partial charge in [0.1, 0.15) is 5.58 Å². The number of carbonyl (C=O) groups excluding carboxylic acids is 1. The van der Waals surface area contributed by atoms with Gasteiger partial charge in [0.15, 0.2) is 16.9 Å². The lowest BCUT2D eigenvalue weighted by Crippen LogP contribution is -2.38. The number of nitrogens with zero attached hydrogens (tertiary/aromatic N) is 2. The SMILES string of the molecule is CCCOc1ccc([C@@H]2c3c(oc4ccccc4c3=O)C(=O)N2CCCN2CCOCC2)cc1OC. The summed E-state index contributed by atoms with van der Waals surface area (Å²) in [5.41, 5.74) is 1.42. The maximum absolute atomic E-state index is 13.7. The van der Waals surface area contributed by atoms with Crippen LogP contribution in [0.5, 0.6) is 11.5 Å². The third-order valence-electron chi connectivity index (χ3n) is 6.82. The third-order valence-corrected chi connectivity index (χ3v) is 6.82. The van der Waals surface area contributed by atoms with E-state index < -0.39 is 6.04 Å². The van der Waals surface area contributed by atoms with E-state index in [-0.39, 0.29) is 17.1 Å². The Kier molecular flexibility index (Phi) is 7.25. The van der Waals surface area contributed by atoms with Crippen molar-refractivity contribution in [1.82, 2.24) is 9.80 Å². The molecule has 3 aromatic rings. The number of ether oxygens (including phenoxy) is 3. The summed E-state index contributed by atoms with van der Waals surface area (Å²) < 4.78 is 22.9. The summed E-state index contributed by atoms with van der Waals surface area (Å²) in [6, 6.07) is 12.1. The van der Waals surface area contributed by atoms with E-state index in [1.807, 2.05) is 25.1 Å². The van der Waals surface area contributed by atoms with E-state index in [9.17, 15) is 9.59 Å². The minimum Gasteiger partial charge on any atom is -0.493 e. The number of rotatable bonds is 9. The van der Waals surface area contributed by atoms with Crippen LogP contribution in [0.3, 0.4) is 0 Å². The lowest BCUT2D eigenvalue weighted by atomic mass is 9.98. The first-order chi connectivity index (χ1) is 17.6. The Balaban J connectivity index is 1.53. The lowest BCUT2D eigenvalue weighted by molar-refractivity contribution is 0.0353. The largest absolute Gasteiger partial charge is 0.493 e. The molecule has 0 bridgehead atoms. The number of morpholine rings is 1. The highest BCUT2D eigenvalue weighted by atomic mass is 16.5. The predicted octanol–water partition coefficient (Wildman–Crippen LogP) is 3.86. The summed E-state index contributed by atoms with van der Waals surface area (Å²) in [4.78, 5) is 31.4. The summed E-state index contributed by atoms with van der Waals surface area (Å²) in [5.74, 6) is 1.07. The summed E-state index contributed by atoms with van der Waals surface area (Å²) in [6.45, 7) is 7.20. The Morgan fingerprint density at radius 3 is 2.61 bits per heavy atom. The molecule has 36 heavy (non-hydrogen) atoms. The number of amides is 1. The topological polar surface area (TPSA) is 81.5 Å². The summed E-state index contributed by atoms with van der Waals surface area (Å²) in [7, 11) is 1.59. The molecule has 1 aromatic heterocycles. The quantitative estimate of drug-likeness (QED) is 0.449. The summed E-state index contributed by atoms with van der Waals surface area (Å²) in [5, 5.41) is 0.471. The number of hydrogen-bond acceptors (Lipinski definition) is 7. The normalized spacial score (nSPS) is 18.0. The average molecular weight is 493 g/mol. The Morgan fingerprint density at radius 2 is 1.83 bits per heavy atom. The van der Waals surface area contributed by atoms with Crippen LogP contribution in [-0.2, 0) is 4.74 Å². The van der Waals surface area contributed by atoms with E-state index in [1.54, 1.807) is 36.3 Å². The molecule has 0 aliphatic carbocycles. The van der Waals surface area contributed by atoms with Crippen molar-refractivity contribution in [3.8, 4) is 11.5 Å². The molecule has 1 fully saturated rings. The fourth-order valence-electron chi connectivity index (χ4n) is 5.02. The molecule has 1 saturated heterocycles. The van der Waals surface area contributed by atoms with Crippen molar-refractivity contribution in [1.29, 1.82) is 0 Å². The molecule has 2 aromatic carbocycles. The van der Waals surface area contributed by atoms with Crippen molar-refractivity contribution in [2.45, 2.75) is 25.8 Å². The second-order valence-electron chi connectivity index (χ2n) is 9.14. The van der Waals surface area contributed by atoms with Crippen LogP contribution in [0.1, 0.15) is 47.5 Å². The minimum atomic E-state index is -0.563. The van der Waals surface area contributed by atoms with Gasteiger partial charge in [0.25, 0.3) is 5.91 Å². The second kappa shape index (κ2) is 10.7. The molecular formula is C28H32N2O6. The average Bonchev–Trinajstić information content (AvgIpc) is 3.19. The zero-order chi connectivity index (χ0) is 25.1. The first-order valence-corrected chi connectivity index (χ1v) is 12.6. The van der Waals surface area contributed by atoms with Gasteiger partial charge in [-0.2, -0.15) is 0 Å². The van der Waals surface area contributed by atoms with E-state index in [0.29, 0.717) is 41.2 Å². The van der Waals surface area contributed by atoms with Crippen LogP contribution in [0.25, 0.3) is 11.0 Å². The molecule has 0 N–H and O–H groups in total. The highest BCUT2D eigenvalue weighted by molar-refractivity contribution is 5.99. The minimum absolute atomic E-state index is 0.125. The molecule has 5 rings (SSSR count). The van der Waals surface area contributed by atoms with Gasteiger partial charge in [-0.1, -0.05) is 25.1 Å². The lowest BCUT2D eigenvalue weighted by Gasteiger charge is -2.29. The van der Waals surface area contributed by atoms with Crippen LogP contribution < -0.4 is 14.9 Å². The van der Waals surface area contributed by atoms with E-state index in [4.69, 9.17) is 18.6 Å². The zero-order valence-electron chi connectivity index (χ0n) is 20.8. The van der Waals surface area contributed by atoms with Crippen molar-refractivity contribution in [2.24, 2.45) is 0 Å². The molecule has 2 aliphatic rings.